The summed E-state index contributed by atoms with van der Waals surface area (Å²) < 4.78 is 4.99. The molecule has 0 saturated carbocycles. The number of hydrogen-bond acceptors (Lipinski definition) is 5. The zero-order chi connectivity index (χ0) is 15.5. The Morgan fingerprint density at radius 2 is 1.95 bits per heavy atom. The number of nitrogens with zero attached hydrogens (tertiary/aromatic N) is 1. The second-order valence-electron chi connectivity index (χ2n) is 5.23. The quantitative estimate of drug-likeness (QED) is 0.516. The predicted molar refractivity (Wildman–Crippen MR) is 69.3 cm³/mol. The summed E-state index contributed by atoms with van der Waals surface area (Å²) in [6.45, 7) is 4.64. The Labute approximate surface area is 115 Å². The zero-order valence-electron chi connectivity index (χ0n) is 11.4. The number of hydrogen-bond donors (Lipinski definition) is 1. The van der Waals surface area contributed by atoms with E-state index in [9.17, 15) is 19.7 Å². The number of esters is 1. The average molecular weight is 281 g/mol. The minimum absolute atomic E-state index is 0.0873. The standard InChI is InChI=1S/C13H15NO6/c1-13(2,3)12(17)20-7-8-6-9(14(18)19)4-5-10(8)11(15)16/h4-6H,7H2,1-3H3,(H,15,16). The highest BCUT2D eigenvalue weighted by molar-refractivity contribution is 5.89. The third-order valence-electron chi connectivity index (χ3n) is 2.50. The minimum Gasteiger partial charge on any atom is -0.478 e. The smallest absolute Gasteiger partial charge is 0.336 e. The molecule has 0 aliphatic heterocycles. The third kappa shape index (κ3) is 3.78. The molecule has 108 valence electrons. The molecule has 0 unspecified atom stereocenters. The lowest BCUT2D eigenvalue weighted by atomic mass is 9.97. The molecular formula is C13H15NO6. The molecule has 0 heterocycles. The first-order valence-electron chi connectivity index (χ1n) is 5.80. The van der Waals surface area contributed by atoms with Gasteiger partial charge in [-0.2, -0.15) is 0 Å². The van der Waals surface area contributed by atoms with Crippen LogP contribution < -0.4 is 0 Å². The number of non-ortho nitro benzene ring substituents is 1. The van der Waals surface area contributed by atoms with Gasteiger partial charge in [-0.3, -0.25) is 14.9 Å². The Balaban J connectivity index is 3.02. The van der Waals surface area contributed by atoms with Crippen LogP contribution in [0, 0.1) is 15.5 Å². The maximum absolute atomic E-state index is 11.6. The summed E-state index contributed by atoms with van der Waals surface area (Å²) in [7, 11) is 0. The molecule has 1 aromatic carbocycles. The highest BCUT2D eigenvalue weighted by Gasteiger charge is 2.24. The van der Waals surface area contributed by atoms with E-state index in [0.29, 0.717) is 0 Å². The second-order valence-corrected chi connectivity index (χ2v) is 5.23. The summed E-state index contributed by atoms with van der Waals surface area (Å²) in [5, 5.41) is 19.7. The van der Waals surface area contributed by atoms with Crippen LogP contribution in [0.1, 0.15) is 36.7 Å². The Kier molecular flexibility index (Phi) is 4.44. The van der Waals surface area contributed by atoms with Crippen molar-refractivity contribution in [1.82, 2.24) is 0 Å². The van der Waals surface area contributed by atoms with Gasteiger partial charge in [-0.25, -0.2) is 4.79 Å². The van der Waals surface area contributed by atoms with Crippen molar-refractivity contribution >= 4 is 17.6 Å². The minimum atomic E-state index is -1.23. The molecule has 0 aliphatic carbocycles. The molecule has 0 aromatic heterocycles. The summed E-state index contributed by atoms with van der Waals surface area (Å²) in [6, 6.07) is 3.32. The molecule has 0 bridgehead atoms. The molecule has 0 atom stereocenters. The van der Waals surface area contributed by atoms with Gasteiger partial charge in [0.05, 0.1) is 15.9 Å². The van der Waals surface area contributed by atoms with Crippen molar-refractivity contribution < 1.29 is 24.4 Å². The van der Waals surface area contributed by atoms with Crippen LogP contribution in [0.3, 0.4) is 0 Å². The molecule has 0 saturated heterocycles. The van der Waals surface area contributed by atoms with Crippen molar-refractivity contribution in [2.24, 2.45) is 5.41 Å². The molecular weight excluding hydrogens is 266 g/mol. The van der Waals surface area contributed by atoms with E-state index in [1.165, 1.54) is 0 Å². The van der Waals surface area contributed by atoms with E-state index in [4.69, 9.17) is 9.84 Å². The van der Waals surface area contributed by atoms with Gasteiger partial charge in [0.15, 0.2) is 0 Å². The van der Waals surface area contributed by atoms with Gasteiger partial charge in [0, 0.05) is 17.7 Å². The average Bonchev–Trinajstić information content (AvgIpc) is 2.33. The van der Waals surface area contributed by atoms with E-state index >= 15 is 0 Å². The maximum Gasteiger partial charge on any atom is 0.336 e. The van der Waals surface area contributed by atoms with Crippen molar-refractivity contribution in [3.63, 3.8) is 0 Å². The van der Waals surface area contributed by atoms with E-state index in [-0.39, 0.29) is 23.4 Å². The largest absolute Gasteiger partial charge is 0.478 e. The summed E-state index contributed by atoms with van der Waals surface area (Å²) >= 11 is 0. The van der Waals surface area contributed by atoms with E-state index in [0.717, 1.165) is 18.2 Å². The molecule has 1 aromatic rings. The normalized spacial score (nSPS) is 10.9. The van der Waals surface area contributed by atoms with Crippen LogP contribution in [-0.4, -0.2) is 22.0 Å². The van der Waals surface area contributed by atoms with E-state index < -0.39 is 22.3 Å². The highest BCUT2D eigenvalue weighted by atomic mass is 16.6. The number of carboxylic acid groups (broad SMARTS) is 1. The van der Waals surface area contributed by atoms with Crippen LogP contribution in [0.5, 0.6) is 0 Å². The molecule has 0 radical (unpaired) electrons. The topological polar surface area (TPSA) is 107 Å². The first kappa shape index (κ1) is 15.6. The molecule has 7 nitrogen and oxygen atoms in total. The van der Waals surface area contributed by atoms with Gasteiger partial charge in [0.1, 0.15) is 6.61 Å². The van der Waals surface area contributed by atoms with E-state index in [1.54, 1.807) is 20.8 Å². The van der Waals surface area contributed by atoms with E-state index in [1.807, 2.05) is 0 Å². The summed E-state index contributed by atoms with van der Waals surface area (Å²) in [4.78, 5) is 32.7. The summed E-state index contributed by atoms with van der Waals surface area (Å²) in [6.07, 6.45) is 0. The molecule has 1 N–H and O–H groups in total. The van der Waals surface area contributed by atoms with Crippen LogP contribution in [0.25, 0.3) is 0 Å². The van der Waals surface area contributed by atoms with Crippen molar-refractivity contribution in [3.05, 3.63) is 39.4 Å². The van der Waals surface area contributed by atoms with Crippen molar-refractivity contribution in [3.8, 4) is 0 Å². The number of rotatable bonds is 4. The van der Waals surface area contributed by atoms with Gasteiger partial charge >= 0.3 is 11.9 Å². The lowest BCUT2D eigenvalue weighted by Crippen LogP contribution is -2.23. The summed E-state index contributed by atoms with van der Waals surface area (Å²) in [5.41, 5.74) is -1.03. The Morgan fingerprint density at radius 3 is 2.40 bits per heavy atom. The van der Waals surface area contributed by atoms with Gasteiger partial charge < -0.3 is 9.84 Å². The van der Waals surface area contributed by atoms with Crippen LogP contribution in [-0.2, 0) is 16.1 Å². The lowest BCUT2D eigenvalue weighted by Gasteiger charge is -2.17. The molecule has 0 amide bonds. The highest BCUT2D eigenvalue weighted by Crippen LogP contribution is 2.21. The fraction of sp³-hybridized carbons (Fsp3) is 0.385. The number of carbonyl (C=O) groups excluding carboxylic acids is 1. The Hall–Kier alpha value is -2.44. The van der Waals surface area contributed by atoms with Crippen molar-refractivity contribution in [1.29, 1.82) is 0 Å². The van der Waals surface area contributed by atoms with Gasteiger partial charge in [-0.15, -0.1) is 0 Å². The number of aromatic carboxylic acids is 1. The summed E-state index contributed by atoms with van der Waals surface area (Å²) in [5.74, 6) is -1.75. The number of nitro groups is 1. The number of carbonyl (C=O) groups is 2. The second kappa shape index (κ2) is 5.68. The molecule has 7 heteroatoms. The fourth-order valence-electron chi connectivity index (χ4n) is 1.38. The van der Waals surface area contributed by atoms with Gasteiger partial charge in [0.25, 0.3) is 5.69 Å². The number of carboxylic acids is 1. The Morgan fingerprint density at radius 1 is 1.35 bits per heavy atom. The maximum atomic E-state index is 11.6. The molecule has 0 aliphatic rings. The van der Waals surface area contributed by atoms with Crippen LogP contribution in [0.15, 0.2) is 18.2 Å². The van der Waals surface area contributed by atoms with E-state index in [2.05, 4.69) is 0 Å². The molecule has 0 spiro atoms. The Bertz CT molecular complexity index is 558. The van der Waals surface area contributed by atoms with Crippen LogP contribution in [0.2, 0.25) is 0 Å². The first-order valence-corrected chi connectivity index (χ1v) is 5.80. The third-order valence-corrected chi connectivity index (χ3v) is 2.50. The number of ether oxygens (including phenoxy) is 1. The van der Waals surface area contributed by atoms with Gasteiger partial charge in [-0.1, -0.05) is 0 Å². The molecule has 0 fully saturated rings. The molecule has 1 rings (SSSR count). The fourth-order valence-corrected chi connectivity index (χ4v) is 1.38. The zero-order valence-corrected chi connectivity index (χ0v) is 11.4. The monoisotopic (exact) mass is 281 g/mol. The first-order chi connectivity index (χ1) is 9.12. The number of benzene rings is 1. The predicted octanol–water partition coefficient (Wildman–Crippen LogP) is 2.38. The van der Waals surface area contributed by atoms with Gasteiger partial charge in [-0.05, 0) is 26.8 Å². The molecule has 20 heavy (non-hydrogen) atoms. The van der Waals surface area contributed by atoms with Gasteiger partial charge in [0.2, 0.25) is 0 Å². The van der Waals surface area contributed by atoms with Crippen molar-refractivity contribution in [2.75, 3.05) is 0 Å². The van der Waals surface area contributed by atoms with Crippen molar-refractivity contribution in [2.45, 2.75) is 27.4 Å². The van der Waals surface area contributed by atoms with Crippen LogP contribution in [0.4, 0.5) is 5.69 Å². The van der Waals surface area contributed by atoms with Crippen LogP contribution >= 0.6 is 0 Å². The SMILES string of the molecule is CC(C)(C)C(=O)OCc1cc([N+](=O)[O-])ccc1C(=O)O. The lowest BCUT2D eigenvalue weighted by molar-refractivity contribution is -0.385. The number of nitro benzene ring substituents is 1.